The summed E-state index contributed by atoms with van der Waals surface area (Å²) in [5.74, 6) is 0.271. The van der Waals surface area contributed by atoms with Crippen LogP contribution < -0.4 is 5.32 Å². The summed E-state index contributed by atoms with van der Waals surface area (Å²) in [5, 5.41) is 3.79. The van der Waals surface area contributed by atoms with Crippen LogP contribution in [0.25, 0.3) is 0 Å². The summed E-state index contributed by atoms with van der Waals surface area (Å²) in [5.41, 5.74) is 2.30. The zero-order valence-corrected chi connectivity index (χ0v) is 14.4. The van der Waals surface area contributed by atoms with Gasteiger partial charge in [-0.15, -0.1) is 0 Å². The van der Waals surface area contributed by atoms with Crippen molar-refractivity contribution in [2.24, 2.45) is 5.92 Å². The number of nitrogens with one attached hydrogen (secondary N) is 1. The number of aromatic nitrogens is 1. The highest BCUT2D eigenvalue weighted by Crippen LogP contribution is 2.20. The minimum Gasteiger partial charge on any atom is -0.352 e. The van der Waals surface area contributed by atoms with Gasteiger partial charge in [0.15, 0.2) is 0 Å². The average Bonchev–Trinajstić information content (AvgIpc) is 2.63. The van der Waals surface area contributed by atoms with E-state index in [-0.39, 0.29) is 11.8 Å². The number of likely N-dealkylation sites (tertiary alicyclic amines) is 1. The summed E-state index contributed by atoms with van der Waals surface area (Å²) in [6.07, 6.45) is 5.34. The second-order valence-corrected chi connectivity index (χ2v) is 6.69. The van der Waals surface area contributed by atoms with Crippen LogP contribution in [0.5, 0.6) is 0 Å². The summed E-state index contributed by atoms with van der Waals surface area (Å²) in [6.45, 7) is 3.38. The third-order valence-electron chi connectivity index (χ3n) is 4.47. The topological polar surface area (TPSA) is 45.2 Å². The van der Waals surface area contributed by atoms with Gasteiger partial charge in [0.25, 0.3) is 0 Å². The highest BCUT2D eigenvalue weighted by atomic mass is 35.5. The zero-order valence-electron chi connectivity index (χ0n) is 13.6. The third kappa shape index (κ3) is 4.79. The normalized spacial score (nSPS) is 16.0. The molecule has 3 rings (SSSR count). The van der Waals surface area contributed by atoms with Gasteiger partial charge in [-0.2, -0.15) is 0 Å². The van der Waals surface area contributed by atoms with Gasteiger partial charge in [-0.3, -0.25) is 14.7 Å². The molecule has 1 amide bonds. The molecule has 2 heterocycles. The highest BCUT2D eigenvalue weighted by Gasteiger charge is 2.24. The largest absolute Gasteiger partial charge is 0.352 e. The van der Waals surface area contributed by atoms with E-state index in [0.717, 1.165) is 43.1 Å². The molecule has 1 saturated heterocycles. The first-order valence-corrected chi connectivity index (χ1v) is 8.72. The smallest absolute Gasteiger partial charge is 0.223 e. The summed E-state index contributed by atoms with van der Waals surface area (Å²) >= 11 is 5.92. The van der Waals surface area contributed by atoms with Gasteiger partial charge in [0.1, 0.15) is 0 Å². The Morgan fingerprint density at radius 1 is 1.17 bits per heavy atom. The van der Waals surface area contributed by atoms with Crippen molar-refractivity contribution < 1.29 is 4.79 Å². The van der Waals surface area contributed by atoms with Crippen LogP contribution in [-0.4, -0.2) is 28.9 Å². The van der Waals surface area contributed by atoms with Crippen molar-refractivity contribution in [1.29, 1.82) is 0 Å². The molecule has 1 N–H and O–H groups in total. The van der Waals surface area contributed by atoms with Gasteiger partial charge in [-0.25, -0.2) is 0 Å². The van der Waals surface area contributed by atoms with Gasteiger partial charge in [0.2, 0.25) is 5.91 Å². The van der Waals surface area contributed by atoms with Crippen LogP contribution in [0.3, 0.4) is 0 Å². The SMILES string of the molecule is O=C(NCc1cccnc1)C1CCN(Cc2ccc(Cl)cc2)CC1. The Bertz CT molecular complexity index is 652. The number of carbonyl (C=O) groups is 1. The van der Waals surface area contributed by atoms with Crippen molar-refractivity contribution >= 4 is 17.5 Å². The number of halogens is 1. The summed E-state index contributed by atoms with van der Waals surface area (Å²) in [7, 11) is 0. The molecule has 0 aliphatic carbocycles. The summed E-state index contributed by atoms with van der Waals surface area (Å²) in [6, 6.07) is 11.8. The lowest BCUT2D eigenvalue weighted by atomic mass is 9.95. The van der Waals surface area contributed by atoms with Crippen molar-refractivity contribution in [2.45, 2.75) is 25.9 Å². The molecule has 0 bridgehead atoms. The lowest BCUT2D eigenvalue weighted by molar-refractivity contribution is -0.126. The Hall–Kier alpha value is -1.91. The Kier molecular flexibility index (Phi) is 5.83. The fraction of sp³-hybridized carbons (Fsp3) is 0.368. The molecule has 1 aliphatic rings. The number of amides is 1. The second kappa shape index (κ2) is 8.27. The molecule has 1 aliphatic heterocycles. The number of hydrogen-bond acceptors (Lipinski definition) is 3. The molecule has 0 spiro atoms. The van der Waals surface area contributed by atoms with Gasteiger partial charge in [0, 0.05) is 36.4 Å². The molecule has 5 heteroatoms. The van der Waals surface area contributed by atoms with Gasteiger partial charge in [-0.1, -0.05) is 29.8 Å². The number of piperidine rings is 1. The minimum atomic E-state index is 0.114. The maximum atomic E-state index is 12.3. The lowest BCUT2D eigenvalue weighted by Crippen LogP contribution is -2.40. The molecule has 1 aromatic heterocycles. The van der Waals surface area contributed by atoms with Crippen LogP contribution >= 0.6 is 11.6 Å². The Morgan fingerprint density at radius 3 is 2.58 bits per heavy atom. The second-order valence-electron chi connectivity index (χ2n) is 6.26. The Morgan fingerprint density at radius 2 is 1.92 bits per heavy atom. The molecule has 0 unspecified atom stereocenters. The van der Waals surface area contributed by atoms with Crippen LogP contribution in [-0.2, 0) is 17.9 Å². The van der Waals surface area contributed by atoms with E-state index in [1.54, 1.807) is 12.4 Å². The molecule has 0 radical (unpaired) electrons. The number of pyridine rings is 1. The molecule has 24 heavy (non-hydrogen) atoms. The first-order valence-electron chi connectivity index (χ1n) is 8.34. The first-order chi connectivity index (χ1) is 11.7. The molecule has 2 aromatic rings. The standard InChI is InChI=1S/C19H22ClN3O/c20-18-5-3-15(4-6-18)14-23-10-7-17(8-11-23)19(24)22-13-16-2-1-9-21-12-16/h1-6,9,12,17H,7-8,10-11,13-14H2,(H,22,24). The molecule has 0 saturated carbocycles. The van der Waals surface area contributed by atoms with Gasteiger partial charge >= 0.3 is 0 Å². The molecule has 0 atom stereocenters. The molecular formula is C19H22ClN3O. The molecule has 1 fully saturated rings. The maximum Gasteiger partial charge on any atom is 0.223 e. The predicted molar refractivity (Wildman–Crippen MR) is 95.5 cm³/mol. The average molecular weight is 344 g/mol. The van der Waals surface area contributed by atoms with Crippen LogP contribution in [0.2, 0.25) is 5.02 Å². The lowest BCUT2D eigenvalue weighted by Gasteiger charge is -2.31. The first kappa shape index (κ1) is 16.9. The molecule has 126 valence electrons. The molecule has 4 nitrogen and oxygen atoms in total. The van der Waals surface area contributed by atoms with Gasteiger partial charge in [-0.05, 0) is 55.3 Å². The monoisotopic (exact) mass is 343 g/mol. The minimum absolute atomic E-state index is 0.114. The van der Waals surface area contributed by atoms with Crippen LogP contribution in [0, 0.1) is 5.92 Å². The van der Waals surface area contributed by atoms with Gasteiger partial charge < -0.3 is 5.32 Å². The van der Waals surface area contributed by atoms with E-state index in [1.807, 2.05) is 24.3 Å². The Labute approximate surface area is 147 Å². The third-order valence-corrected chi connectivity index (χ3v) is 4.72. The Balaban J connectivity index is 1.42. The summed E-state index contributed by atoms with van der Waals surface area (Å²) < 4.78 is 0. The van der Waals surface area contributed by atoms with E-state index >= 15 is 0 Å². The fourth-order valence-corrected chi connectivity index (χ4v) is 3.16. The van der Waals surface area contributed by atoms with E-state index in [2.05, 4.69) is 27.3 Å². The zero-order chi connectivity index (χ0) is 16.8. The number of rotatable bonds is 5. The van der Waals surface area contributed by atoms with Crippen LogP contribution in [0.1, 0.15) is 24.0 Å². The van der Waals surface area contributed by atoms with E-state index in [4.69, 9.17) is 11.6 Å². The van der Waals surface area contributed by atoms with E-state index < -0.39 is 0 Å². The number of carbonyl (C=O) groups excluding carboxylic acids is 1. The van der Waals surface area contributed by atoms with E-state index in [0.29, 0.717) is 6.54 Å². The molecular weight excluding hydrogens is 322 g/mol. The molecule has 1 aromatic carbocycles. The number of nitrogens with zero attached hydrogens (tertiary/aromatic N) is 2. The number of benzene rings is 1. The van der Waals surface area contributed by atoms with Crippen LogP contribution in [0.4, 0.5) is 0 Å². The maximum absolute atomic E-state index is 12.3. The predicted octanol–water partition coefficient (Wildman–Crippen LogP) is 3.26. The van der Waals surface area contributed by atoms with E-state index in [9.17, 15) is 4.79 Å². The quantitative estimate of drug-likeness (QED) is 0.906. The van der Waals surface area contributed by atoms with Crippen molar-refractivity contribution in [1.82, 2.24) is 15.2 Å². The van der Waals surface area contributed by atoms with Crippen LogP contribution in [0.15, 0.2) is 48.8 Å². The van der Waals surface area contributed by atoms with Crippen molar-refractivity contribution in [3.63, 3.8) is 0 Å². The van der Waals surface area contributed by atoms with Crippen molar-refractivity contribution in [3.8, 4) is 0 Å². The van der Waals surface area contributed by atoms with Gasteiger partial charge in [0.05, 0.1) is 0 Å². The van der Waals surface area contributed by atoms with E-state index in [1.165, 1.54) is 5.56 Å². The fourth-order valence-electron chi connectivity index (χ4n) is 3.04. The summed E-state index contributed by atoms with van der Waals surface area (Å²) in [4.78, 5) is 18.8. The van der Waals surface area contributed by atoms with Crippen molar-refractivity contribution in [2.75, 3.05) is 13.1 Å². The highest BCUT2D eigenvalue weighted by molar-refractivity contribution is 6.30. The number of hydrogen-bond donors (Lipinski definition) is 1. The van der Waals surface area contributed by atoms with Crippen molar-refractivity contribution in [3.05, 3.63) is 64.9 Å².